The first kappa shape index (κ1) is 14.7. The Labute approximate surface area is 108 Å². The third-order valence-electron chi connectivity index (χ3n) is 2.19. The van der Waals surface area contributed by atoms with E-state index in [9.17, 15) is 4.79 Å². The number of rotatable bonds is 8. The number of carbonyl (C=O) groups excluding carboxylic acids is 1. The van der Waals surface area contributed by atoms with E-state index in [4.69, 9.17) is 9.57 Å². The van der Waals surface area contributed by atoms with E-state index in [1.807, 2.05) is 44.2 Å². The average Bonchev–Trinajstić information content (AvgIpc) is 2.37. The number of hydroxylamine groups is 1. The number of nitrogens with one attached hydrogen (secondary N) is 1. The van der Waals surface area contributed by atoms with Gasteiger partial charge in [-0.05, 0) is 11.5 Å². The van der Waals surface area contributed by atoms with Crippen molar-refractivity contribution >= 4 is 5.97 Å². The molecule has 0 radical (unpaired) electrons. The van der Waals surface area contributed by atoms with Crippen LogP contribution in [-0.2, 0) is 21.0 Å². The fourth-order valence-electron chi connectivity index (χ4n) is 1.27. The third-order valence-corrected chi connectivity index (χ3v) is 2.19. The highest BCUT2D eigenvalue weighted by Gasteiger charge is 2.03. The molecule has 100 valence electrons. The Kier molecular flexibility index (Phi) is 7.06. The Hall–Kier alpha value is -1.39. The van der Waals surface area contributed by atoms with Crippen LogP contribution in [0, 0.1) is 5.92 Å². The fourth-order valence-corrected chi connectivity index (χ4v) is 1.27. The zero-order valence-corrected chi connectivity index (χ0v) is 11.0. The van der Waals surface area contributed by atoms with Crippen LogP contribution < -0.4 is 5.48 Å². The molecule has 0 atom stereocenters. The molecule has 0 aliphatic heterocycles. The summed E-state index contributed by atoms with van der Waals surface area (Å²) >= 11 is 0. The highest BCUT2D eigenvalue weighted by Crippen LogP contribution is 1.99. The van der Waals surface area contributed by atoms with Gasteiger partial charge >= 0.3 is 5.97 Å². The first-order valence-corrected chi connectivity index (χ1v) is 6.22. The van der Waals surface area contributed by atoms with E-state index < -0.39 is 0 Å². The van der Waals surface area contributed by atoms with E-state index in [0.717, 1.165) is 5.56 Å². The van der Waals surface area contributed by atoms with Gasteiger partial charge in [-0.1, -0.05) is 44.2 Å². The lowest BCUT2D eigenvalue weighted by Gasteiger charge is -2.08. The molecule has 18 heavy (non-hydrogen) atoms. The minimum atomic E-state index is -0.195. The molecule has 0 spiro atoms. The summed E-state index contributed by atoms with van der Waals surface area (Å²) in [6.07, 6.45) is 0.321. The Balaban J connectivity index is 2.00. The summed E-state index contributed by atoms with van der Waals surface area (Å²) in [7, 11) is 0. The first-order chi connectivity index (χ1) is 8.68. The molecule has 0 fully saturated rings. The van der Waals surface area contributed by atoms with Gasteiger partial charge in [0.2, 0.25) is 0 Å². The van der Waals surface area contributed by atoms with E-state index in [0.29, 0.717) is 32.1 Å². The van der Waals surface area contributed by atoms with Gasteiger partial charge in [-0.3, -0.25) is 9.63 Å². The molecule has 1 N–H and O–H groups in total. The maximum absolute atomic E-state index is 11.3. The molecule has 0 bridgehead atoms. The Bertz CT molecular complexity index is 338. The molecular formula is C14H21NO3. The largest absolute Gasteiger partial charge is 0.465 e. The minimum absolute atomic E-state index is 0.195. The molecule has 0 aliphatic carbocycles. The number of hydrogen-bond acceptors (Lipinski definition) is 4. The predicted molar refractivity (Wildman–Crippen MR) is 69.6 cm³/mol. The molecule has 0 aliphatic rings. The molecule has 1 rings (SSSR count). The summed E-state index contributed by atoms with van der Waals surface area (Å²) < 4.78 is 5.03. The van der Waals surface area contributed by atoms with Gasteiger partial charge in [0.15, 0.2) is 0 Å². The lowest BCUT2D eigenvalue weighted by molar-refractivity contribution is -0.145. The van der Waals surface area contributed by atoms with Gasteiger partial charge in [-0.15, -0.1) is 0 Å². The van der Waals surface area contributed by atoms with Crippen molar-refractivity contribution in [2.75, 3.05) is 13.2 Å². The van der Waals surface area contributed by atoms with Gasteiger partial charge in [-0.2, -0.15) is 0 Å². The van der Waals surface area contributed by atoms with Gasteiger partial charge in [0.25, 0.3) is 0 Å². The van der Waals surface area contributed by atoms with Crippen LogP contribution in [0.5, 0.6) is 0 Å². The lowest BCUT2D eigenvalue weighted by Crippen LogP contribution is -2.20. The highest BCUT2D eigenvalue weighted by molar-refractivity contribution is 5.69. The Morgan fingerprint density at radius 1 is 1.28 bits per heavy atom. The zero-order chi connectivity index (χ0) is 13.2. The summed E-state index contributed by atoms with van der Waals surface area (Å²) in [5.74, 6) is 0.177. The van der Waals surface area contributed by atoms with Crippen LogP contribution in [0.1, 0.15) is 25.8 Å². The van der Waals surface area contributed by atoms with Crippen molar-refractivity contribution in [3.63, 3.8) is 0 Å². The fraction of sp³-hybridized carbons (Fsp3) is 0.500. The second-order valence-electron chi connectivity index (χ2n) is 4.50. The number of carbonyl (C=O) groups is 1. The molecule has 1 aromatic carbocycles. The first-order valence-electron chi connectivity index (χ1n) is 6.22. The van der Waals surface area contributed by atoms with E-state index in [-0.39, 0.29) is 5.97 Å². The third kappa shape index (κ3) is 7.04. The van der Waals surface area contributed by atoms with Crippen LogP contribution >= 0.6 is 0 Å². The van der Waals surface area contributed by atoms with Crippen LogP contribution in [-0.4, -0.2) is 19.1 Å². The summed E-state index contributed by atoms with van der Waals surface area (Å²) in [5, 5.41) is 0. The summed E-state index contributed by atoms with van der Waals surface area (Å²) in [6, 6.07) is 9.85. The van der Waals surface area contributed by atoms with Crippen molar-refractivity contribution in [2.45, 2.75) is 26.9 Å². The smallest absolute Gasteiger partial charge is 0.307 e. The van der Waals surface area contributed by atoms with Crippen molar-refractivity contribution < 1.29 is 14.4 Å². The highest BCUT2D eigenvalue weighted by atomic mass is 16.6. The van der Waals surface area contributed by atoms with Crippen LogP contribution in [0.4, 0.5) is 0 Å². The van der Waals surface area contributed by atoms with Gasteiger partial charge < -0.3 is 4.74 Å². The van der Waals surface area contributed by atoms with E-state index >= 15 is 0 Å². The molecule has 0 saturated heterocycles. The van der Waals surface area contributed by atoms with Crippen molar-refractivity contribution in [1.82, 2.24) is 5.48 Å². The Morgan fingerprint density at radius 2 is 2.00 bits per heavy atom. The number of hydrogen-bond donors (Lipinski definition) is 1. The van der Waals surface area contributed by atoms with E-state index in [2.05, 4.69) is 5.48 Å². The molecule has 4 nitrogen and oxygen atoms in total. The number of esters is 1. The van der Waals surface area contributed by atoms with Crippen LogP contribution in [0.3, 0.4) is 0 Å². The maximum atomic E-state index is 11.3. The summed E-state index contributed by atoms with van der Waals surface area (Å²) in [4.78, 5) is 16.5. The van der Waals surface area contributed by atoms with Gasteiger partial charge in [0.05, 0.1) is 19.6 Å². The molecule has 0 aromatic heterocycles. The summed E-state index contributed by atoms with van der Waals surface area (Å²) in [5.41, 5.74) is 3.84. The lowest BCUT2D eigenvalue weighted by atomic mass is 10.2. The summed E-state index contributed by atoms with van der Waals surface area (Å²) in [6.45, 7) is 5.44. The van der Waals surface area contributed by atoms with Gasteiger partial charge in [0, 0.05) is 6.54 Å². The second kappa shape index (κ2) is 8.66. The molecule has 0 amide bonds. The normalized spacial score (nSPS) is 10.6. The molecule has 0 unspecified atom stereocenters. The average molecular weight is 251 g/mol. The minimum Gasteiger partial charge on any atom is -0.465 e. The van der Waals surface area contributed by atoms with Crippen molar-refractivity contribution in [2.24, 2.45) is 5.92 Å². The van der Waals surface area contributed by atoms with E-state index in [1.165, 1.54) is 0 Å². The predicted octanol–water partition coefficient (Wildman–Crippen LogP) is 2.30. The Morgan fingerprint density at radius 3 is 2.67 bits per heavy atom. The monoisotopic (exact) mass is 251 g/mol. The van der Waals surface area contributed by atoms with Crippen LogP contribution in [0.2, 0.25) is 0 Å². The maximum Gasteiger partial charge on any atom is 0.307 e. The number of benzene rings is 1. The van der Waals surface area contributed by atoms with Crippen molar-refractivity contribution in [3.8, 4) is 0 Å². The van der Waals surface area contributed by atoms with E-state index in [1.54, 1.807) is 0 Å². The van der Waals surface area contributed by atoms with Crippen molar-refractivity contribution in [3.05, 3.63) is 35.9 Å². The van der Waals surface area contributed by atoms with Crippen LogP contribution in [0.15, 0.2) is 30.3 Å². The molecule has 1 aromatic rings. The topological polar surface area (TPSA) is 47.6 Å². The number of ether oxygens (including phenoxy) is 1. The molecule has 4 heteroatoms. The molecule has 0 heterocycles. The second-order valence-corrected chi connectivity index (χ2v) is 4.50. The standard InChI is InChI=1S/C14H21NO3/c1-12(2)10-17-14(16)8-9-15-18-11-13-6-4-3-5-7-13/h3-7,12,15H,8-11H2,1-2H3. The molecule has 0 saturated carbocycles. The van der Waals surface area contributed by atoms with Crippen LogP contribution in [0.25, 0.3) is 0 Å². The molecular weight excluding hydrogens is 230 g/mol. The van der Waals surface area contributed by atoms with Gasteiger partial charge in [-0.25, -0.2) is 5.48 Å². The SMILES string of the molecule is CC(C)COC(=O)CCNOCc1ccccc1. The quantitative estimate of drug-likeness (QED) is 0.437. The van der Waals surface area contributed by atoms with Crippen molar-refractivity contribution in [1.29, 1.82) is 0 Å². The van der Waals surface area contributed by atoms with Gasteiger partial charge in [0.1, 0.15) is 0 Å². The zero-order valence-electron chi connectivity index (χ0n) is 11.0.